The lowest BCUT2D eigenvalue weighted by atomic mass is 9.80. The average Bonchev–Trinajstić information content (AvgIpc) is 3.56. The van der Waals surface area contributed by atoms with Gasteiger partial charge in [-0.25, -0.2) is 8.42 Å². The number of carbonyl (C=O) groups is 1. The van der Waals surface area contributed by atoms with E-state index < -0.39 is 9.84 Å². The molecule has 1 amide bonds. The normalized spacial score (nSPS) is 21.4. The van der Waals surface area contributed by atoms with Crippen molar-refractivity contribution in [2.45, 2.75) is 69.4 Å². The van der Waals surface area contributed by atoms with Crippen molar-refractivity contribution in [1.29, 1.82) is 0 Å². The van der Waals surface area contributed by atoms with Crippen molar-refractivity contribution >= 4 is 26.6 Å². The maximum absolute atomic E-state index is 13.4. The molecule has 2 aromatic carbocycles. The van der Waals surface area contributed by atoms with Gasteiger partial charge in [-0.1, -0.05) is 44.9 Å². The van der Waals surface area contributed by atoms with E-state index in [0.29, 0.717) is 36.0 Å². The number of aromatic nitrogens is 1. The number of piperidine rings is 1. The zero-order chi connectivity index (χ0) is 27.7. The highest BCUT2D eigenvalue weighted by Crippen LogP contribution is 2.40. The number of aryl methyl sites for hydroxylation is 1. The Hall–Kier alpha value is -2.80. The lowest BCUT2D eigenvalue weighted by Gasteiger charge is -2.39. The van der Waals surface area contributed by atoms with Crippen LogP contribution in [0.4, 0.5) is 0 Å². The Labute approximate surface area is 233 Å². The second kappa shape index (κ2) is 11.4. The molecular weight excluding hydrogens is 508 g/mol. The fourth-order valence-corrected chi connectivity index (χ4v) is 8.38. The van der Waals surface area contributed by atoms with Crippen molar-refractivity contribution in [2.24, 2.45) is 24.8 Å². The van der Waals surface area contributed by atoms with Gasteiger partial charge in [0.2, 0.25) is 5.91 Å². The van der Waals surface area contributed by atoms with E-state index in [1.807, 2.05) is 26.1 Å². The Morgan fingerprint density at radius 3 is 2.56 bits per heavy atom. The molecule has 3 atom stereocenters. The topological polar surface area (TPSA) is 68.6 Å². The van der Waals surface area contributed by atoms with Gasteiger partial charge in [0.05, 0.1) is 12.4 Å². The highest BCUT2D eigenvalue weighted by molar-refractivity contribution is 7.90. The number of hydrogen-bond donors (Lipinski definition) is 0. The van der Waals surface area contributed by atoms with Crippen molar-refractivity contribution in [3.8, 4) is 5.75 Å². The van der Waals surface area contributed by atoms with E-state index in [1.165, 1.54) is 31.2 Å². The molecule has 39 heavy (non-hydrogen) atoms. The summed E-state index contributed by atoms with van der Waals surface area (Å²) in [5, 5.41) is 1.11. The third-order valence-electron chi connectivity index (χ3n) is 9.04. The second-order valence-electron chi connectivity index (χ2n) is 11.7. The molecule has 0 radical (unpaired) electrons. The summed E-state index contributed by atoms with van der Waals surface area (Å²) in [5.74, 6) is 1.96. The molecule has 1 saturated heterocycles. The van der Waals surface area contributed by atoms with E-state index in [2.05, 4.69) is 35.6 Å². The van der Waals surface area contributed by atoms with Crippen LogP contribution in [0.3, 0.4) is 0 Å². The van der Waals surface area contributed by atoms with Crippen LogP contribution in [-0.4, -0.2) is 43.5 Å². The van der Waals surface area contributed by atoms with Gasteiger partial charge in [0, 0.05) is 43.2 Å². The summed E-state index contributed by atoms with van der Waals surface area (Å²) in [6, 6.07) is 12.9. The van der Waals surface area contributed by atoms with Gasteiger partial charge >= 0.3 is 0 Å². The highest BCUT2D eigenvalue weighted by Gasteiger charge is 2.35. The molecule has 210 valence electrons. The summed E-state index contributed by atoms with van der Waals surface area (Å²) in [7, 11) is -1.54. The van der Waals surface area contributed by atoms with Crippen LogP contribution in [0.25, 0.3) is 10.9 Å². The molecule has 0 bridgehead atoms. The smallest absolute Gasteiger partial charge is 0.225 e. The number of likely N-dealkylation sites (tertiary alicyclic amines) is 1. The van der Waals surface area contributed by atoms with E-state index in [-0.39, 0.29) is 16.6 Å². The molecule has 1 aromatic heterocycles. The molecule has 2 heterocycles. The van der Waals surface area contributed by atoms with Crippen LogP contribution in [0.1, 0.15) is 69.9 Å². The quantitative estimate of drug-likeness (QED) is 0.329. The van der Waals surface area contributed by atoms with E-state index >= 15 is 0 Å². The number of nitrogens with zero attached hydrogens (tertiary/aromatic N) is 2. The van der Waals surface area contributed by atoms with Crippen LogP contribution in [0.15, 0.2) is 53.6 Å². The Morgan fingerprint density at radius 1 is 1.10 bits per heavy atom. The highest BCUT2D eigenvalue weighted by atomic mass is 32.2. The fraction of sp³-hybridized carbons (Fsp3) is 0.531. The number of benzene rings is 2. The van der Waals surface area contributed by atoms with Crippen LogP contribution in [0, 0.1) is 17.8 Å². The fourth-order valence-electron chi connectivity index (χ4n) is 6.89. The van der Waals surface area contributed by atoms with E-state index in [0.717, 1.165) is 36.0 Å². The molecule has 0 spiro atoms. The van der Waals surface area contributed by atoms with Gasteiger partial charge in [-0.15, -0.1) is 0 Å². The number of ether oxygens (including phenoxy) is 1. The molecule has 2 fully saturated rings. The lowest BCUT2D eigenvalue weighted by Crippen LogP contribution is -2.45. The van der Waals surface area contributed by atoms with Crippen LogP contribution in [-0.2, 0) is 27.4 Å². The third-order valence-corrected chi connectivity index (χ3v) is 10.8. The minimum Gasteiger partial charge on any atom is -0.493 e. The third kappa shape index (κ3) is 5.60. The number of hydrogen-bond acceptors (Lipinski definition) is 4. The lowest BCUT2D eigenvalue weighted by molar-refractivity contribution is -0.138. The molecule has 1 aliphatic heterocycles. The molecule has 1 aliphatic carbocycles. The first-order valence-corrected chi connectivity index (χ1v) is 16.2. The van der Waals surface area contributed by atoms with Gasteiger partial charge in [-0.3, -0.25) is 4.79 Å². The van der Waals surface area contributed by atoms with Gasteiger partial charge in [0.15, 0.2) is 9.84 Å². The van der Waals surface area contributed by atoms with Gasteiger partial charge in [0.1, 0.15) is 10.6 Å². The van der Waals surface area contributed by atoms with Gasteiger partial charge in [-0.2, -0.15) is 0 Å². The molecule has 6 nitrogen and oxygen atoms in total. The zero-order valence-corrected chi connectivity index (χ0v) is 24.5. The molecule has 5 rings (SSSR count). The first-order chi connectivity index (χ1) is 18.7. The summed E-state index contributed by atoms with van der Waals surface area (Å²) in [4.78, 5) is 15.6. The first-order valence-electron chi connectivity index (χ1n) is 14.5. The van der Waals surface area contributed by atoms with E-state index in [4.69, 9.17) is 4.74 Å². The van der Waals surface area contributed by atoms with Crippen LogP contribution < -0.4 is 4.74 Å². The predicted octanol–water partition coefficient (Wildman–Crippen LogP) is 6.33. The van der Waals surface area contributed by atoms with Crippen molar-refractivity contribution in [2.75, 3.05) is 19.7 Å². The summed E-state index contributed by atoms with van der Waals surface area (Å²) < 4.78 is 34.6. The first kappa shape index (κ1) is 27.8. The Morgan fingerprint density at radius 2 is 1.85 bits per heavy atom. The number of rotatable bonds is 8. The molecule has 0 unspecified atom stereocenters. The Balaban J connectivity index is 1.37. The largest absolute Gasteiger partial charge is 0.493 e. The summed E-state index contributed by atoms with van der Waals surface area (Å²) in [5.41, 5.74) is 3.12. The van der Waals surface area contributed by atoms with Gasteiger partial charge in [-0.05, 0) is 79.3 Å². The molecule has 7 heteroatoms. The van der Waals surface area contributed by atoms with Crippen LogP contribution >= 0.6 is 0 Å². The monoisotopic (exact) mass is 550 g/mol. The van der Waals surface area contributed by atoms with Crippen molar-refractivity contribution in [3.05, 3.63) is 59.8 Å². The van der Waals surface area contributed by atoms with Crippen LogP contribution in [0.5, 0.6) is 5.75 Å². The number of para-hydroxylation sites is 1. The summed E-state index contributed by atoms with van der Waals surface area (Å²) in [6.45, 7) is 8.20. The van der Waals surface area contributed by atoms with Crippen molar-refractivity contribution in [3.63, 3.8) is 0 Å². The van der Waals surface area contributed by atoms with Gasteiger partial charge in [0.25, 0.3) is 0 Å². The summed E-state index contributed by atoms with van der Waals surface area (Å²) in [6.07, 6.45) is 8.00. The Kier molecular flexibility index (Phi) is 8.08. The molecular formula is C32H42N2O4S. The molecule has 0 N–H and O–H groups in total. The Bertz CT molecular complexity index is 1440. The van der Waals surface area contributed by atoms with Gasteiger partial charge < -0.3 is 14.2 Å². The van der Waals surface area contributed by atoms with Crippen LogP contribution in [0.2, 0.25) is 0 Å². The number of carbonyl (C=O) groups excluding carboxylic acids is 1. The maximum atomic E-state index is 13.4. The van der Waals surface area contributed by atoms with Crippen molar-refractivity contribution < 1.29 is 17.9 Å². The SMILES string of the molecule is CCOc1ccccc1S(=O)(=O)Cc1ccc2c(c1)c([C@@H]1CCN(C(=O)[C@H](C)C3CCCC3)C[C@@H]1C)cn2C. The zero-order valence-electron chi connectivity index (χ0n) is 23.7. The minimum atomic E-state index is -3.58. The molecule has 3 aromatic rings. The molecule has 1 saturated carbocycles. The van der Waals surface area contributed by atoms with E-state index in [9.17, 15) is 13.2 Å². The molecule has 2 aliphatic rings. The maximum Gasteiger partial charge on any atom is 0.225 e. The predicted molar refractivity (Wildman–Crippen MR) is 156 cm³/mol. The second-order valence-corrected chi connectivity index (χ2v) is 13.6. The standard InChI is InChI=1S/C32H42N2O4S/c1-5-38-30-12-8-9-13-31(30)39(36,37)21-24-14-15-29-27(18-24)28(20-33(29)4)26-16-17-34(19-22(26)2)32(35)23(3)25-10-6-7-11-25/h8-9,12-15,18,20,22-23,25-26H,5-7,10-11,16-17,19,21H2,1-4H3/t22-,23+,26+/m0/s1. The summed E-state index contributed by atoms with van der Waals surface area (Å²) >= 11 is 0. The number of amides is 1. The number of fused-ring (bicyclic) bond motifs is 1. The van der Waals surface area contributed by atoms with Crippen molar-refractivity contribution in [1.82, 2.24) is 9.47 Å². The number of sulfone groups is 1. The minimum absolute atomic E-state index is 0.0804. The average molecular weight is 551 g/mol. The van der Waals surface area contributed by atoms with E-state index in [1.54, 1.807) is 24.3 Å².